The molecule has 3 aliphatic rings. The van der Waals surface area contributed by atoms with Crippen LogP contribution in [0.4, 0.5) is 0 Å². The molecule has 1 aromatic rings. The maximum Gasteiger partial charge on any atom is 0.354 e. The average molecular weight is 437 g/mol. The van der Waals surface area contributed by atoms with Crippen molar-refractivity contribution in [3.05, 3.63) is 40.0 Å². The molecule has 2 fully saturated rings. The van der Waals surface area contributed by atoms with Gasteiger partial charge in [0.05, 0.1) is 22.8 Å². The number of thioether (sulfide) groups is 2. The molecule has 0 aliphatic carbocycles. The van der Waals surface area contributed by atoms with Gasteiger partial charge in [-0.2, -0.15) is 0 Å². The predicted octanol–water partition coefficient (Wildman–Crippen LogP) is 1.37. The number of β-lactam (4-membered cyclic amide) rings is 1. The normalized spacial score (nSPS) is 27.9. The maximum absolute atomic E-state index is 12.5. The molecule has 0 bridgehead atoms. The Kier molecular flexibility index (Phi) is 5.92. The lowest BCUT2D eigenvalue weighted by atomic mass is 9.90. The molecule has 7 nitrogen and oxygen atoms in total. The quantitative estimate of drug-likeness (QED) is 0.493. The molecular weight excluding hydrogens is 410 g/mol. The van der Waals surface area contributed by atoms with Gasteiger partial charge in [-0.1, -0.05) is 24.8 Å². The van der Waals surface area contributed by atoms with Gasteiger partial charge in [0.2, 0.25) is 5.91 Å². The van der Waals surface area contributed by atoms with Gasteiger partial charge in [-0.15, -0.1) is 11.8 Å². The number of rotatable bonds is 7. The number of aliphatic hydroxyl groups excluding tert-OH is 1. The minimum atomic E-state index is -1.06. The van der Waals surface area contributed by atoms with Crippen LogP contribution in [0.1, 0.15) is 25.5 Å². The first-order valence-electron chi connectivity index (χ1n) is 9.88. The largest absolute Gasteiger partial charge is 0.477 e. The Morgan fingerprint density at radius 2 is 2.24 bits per heavy atom. The van der Waals surface area contributed by atoms with Gasteiger partial charge < -0.3 is 10.2 Å². The molecule has 0 radical (unpaired) electrons. The van der Waals surface area contributed by atoms with Crippen LogP contribution in [0.3, 0.4) is 0 Å². The van der Waals surface area contributed by atoms with E-state index in [0.29, 0.717) is 15.9 Å². The molecular formula is C20H26N3O4S2+. The lowest BCUT2D eigenvalue weighted by Crippen LogP contribution is -2.61. The van der Waals surface area contributed by atoms with E-state index in [1.54, 1.807) is 11.8 Å². The van der Waals surface area contributed by atoms with Gasteiger partial charge in [-0.25, -0.2) is 9.36 Å². The van der Waals surface area contributed by atoms with Crippen molar-refractivity contribution < 1.29 is 24.4 Å². The second kappa shape index (κ2) is 8.29. The number of likely N-dealkylation sites (tertiary alicyclic amines) is 1. The Morgan fingerprint density at radius 3 is 2.93 bits per heavy atom. The Bertz CT molecular complexity index is 862. The smallest absolute Gasteiger partial charge is 0.354 e. The summed E-state index contributed by atoms with van der Waals surface area (Å²) in [6.45, 7) is 4.55. The summed E-state index contributed by atoms with van der Waals surface area (Å²) in [5.74, 6) is -1.84. The fraction of sp³-hybridized carbons (Fsp3) is 0.550. The Balaban J connectivity index is 1.42. The molecule has 156 valence electrons. The van der Waals surface area contributed by atoms with E-state index in [1.807, 2.05) is 32.3 Å². The van der Waals surface area contributed by atoms with Crippen molar-refractivity contribution in [3.63, 3.8) is 0 Å². The fourth-order valence-electron chi connectivity index (χ4n) is 4.14. The van der Waals surface area contributed by atoms with Crippen molar-refractivity contribution in [1.29, 1.82) is 0 Å². The standard InChI is InChI=1S/C20H25N3O4S2/c1-3-14(24)15-17(25)23-16(19(26)27)20(29-18(15)23)28-13-7-9-22(11-13)10-12-6-4-5-8-21(12)2/h4-6,8,13-15,18,24H,3,7,9-11H2,1-2H3/p+1/t13-,14-,15+,18+/m0/s1. The third kappa shape index (κ3) is 3.81. The molecule has 4 atom stereocenters. The first kappa shape index (κ1) is 20.7. The highest BCUT2D eigenvalue weighted by Crippen LogP contribution is 2.55. The molecule has 2 N–H and O–H groups in total. The van der Waals surface area contributed by atoms with Gasteiger partial charge in [0, 0.05) is 23.9 Å². The summed E-state index contributed by atoms with van der Waals surface area (Å²) in [5.41, 5.74) is 1.34. The van der Waals surface area contributed by atoms with Crippen molar-refractivity contribution in [3.8, 4) is 0 Å². The molecule has 1 amide bonds. The number of aromatic nitrogens is 1. The number of aliphatic hydroxyl groups is 1. The van der Waals surface area contributed by atoms with Crippen LogP contribution in [0, 0.1) is 5.92 Å². The topological polar surface area (TPSA) is 85.0 Å². The third-order valence-electron chi connectivity index (χ3n) is 5.83. The summed E-state index contributed by atoms with van der Waals surface area (Å²) in [5, 5.41) is 19.9. The van der Waals surface area contributed by atoms with Crippen LogP contribution in [0.2, 0.25) is 0 Å². The lowest BCUT2D eigenvalue weighted by Gasteiger charge is -2.44. The van der Waals surface area contributed by atoms with E-state index in [-0.39, 0.29) is 17.0 Å². The second-order valence-electron chi connectivity index (χ2n) is 7.73. The highest BCUT2D eigenvalue weighted by molar-refractivity contribution is 8.23. The monoisotopic (exact) mass is 436 g/mol. The summed E-state index contributed by atoms with van der Waals surface area (Å²) < 4.78 is 2.83. The summed E-state index contributed by atoms with van der Waals surface area (Å²) in [4.78, 5) is 28.1. The van der Waals surface area contributed by atoms with Gasteiger partial charge in [0.25, 0.3) is 0 Å². The first-order chi connectivity index (χ1) is 13.9. The highest BCUT2D eigenvalue weighted by Gasteiger charge is 2.58. The van der Waals surface area contributed by atoms with Crippen LogP contribution in [0.25, 0.3) is 0 Å². The molecule has 1 aromatic heterocycles. The molecule has 4 rings (SSSR count). The molecule has 0 spiro atoms. The molecule has 0 unspecified atom stereocenters. The zero-order valence-electron chi connectivity index (χ0n) is 16.5. The van der Waals surface area contributed by atoms with E-state index >= 15 is 0 Å². The van der Waals surface area contributed by atoms with E-state index in [0.717, 1.165) is 26.1 Å². The molecule has 0 saturated carbocycles. The Hall–Kier alpha value is -1.55. The number of aliphatic carboxylic acids is 1. The molecule has 0 aromatic carbocycles. The van der Waals surface area contributed by atoms with Gasteiger partial charge >= 0.3 is 5.97 Å². The van der Waals surface area contributed by atoms with E-state index in [2.05, 4.69) is 15.5 Å². The molecule has 4 heterocycles. The first-order valence-corrected chi connectivity index (χ1v) is 11.6. The van der Waals surface area contributed by atoms with Crippen LogP contribution >= 0.6 is 23.5 Å². The number of carbonyl (C=O) groups excluding carboxylic acids is 1. The summed E-state index contributed by atoms with van der Waals surface area (Å²) >= 11 is 3.01. The number of nitrogens with zero attached hydrogens (tertiary/aromatic N) is 3. The van der Waals surface area contributed by atoms with Crippen molar-refractivity contribution in [2.45, 2.75) is 43.0 Å². The molecule has 29 heavy (non-hydrogen) atoms. The summed E-state index contributed by atoms with van der Waals surface area (Å²) in [6.07, 6.45) is 2.79. The minimum Gasteiger partial charge on any atom is -0.477 e. The number of pyridine rings is 1. The number of carbonyl (C=O) groups is 2. The fourth-order valence-corrected chi connectivity index (χ4v) is 7.45. The van der Waals surface area contributed by atoms with Crippen LogP contribution in [0.5, 0.6) is 0 Å². The number of hydrogen-bond acceptors (Lipinski definition) is 6. The summed E-state index contributed by atoms with van der Waals surface area (Å²) in [7, 11) is 2.04. The van der Waals surface area contributed by atoms with Crippen molar-refractivity contribution in [2.24, 2.45) is 13.0 Å². The van der Waals surface area contributed by atoms with E-state index in [1.165, 1.54) is 22.4 Å². The molecule has 9 heteroatoms. The minimum absolute atomic E-state index is 0.0995. The lowest BCUT2D eigenvalue weighted by molar-refractivity contribution is -0.680. The highest BCUT2D eigenvalue weighted by atomic mass is 32.2. The van der Waals surface area contributed by atoms with Gasteiger partial charge in [-0.05, 0) is 19.4 Å². The number of carboxylic acid groups (broad SMARTS) is 1. The number of carboxylic acids is 1. The van der Waals surface area contributed by atoms with Gasteiger partial charge in [0.15, 0.2) is 17.6 Å². The van der Waals surface area contributed by atoms with Crippen molar-refractivity contribution in [2.75, 3.05) is 13.1 Å². The van der Waals surface area contributed by atoms with E-state index in [9.17, 15) is 19.8 Å². The summed E-state index contributed by atoms with van der Waals surface area (Å²) in [6, 6.07) is 6.17. The van der Waals surface area contributed by atoms with E-state index < -0.39 is 18.0 Å². The van der Waals surface area contributed by atoms with Gasteiger partial charge in [-0.3, -0.25) is 14.6 Å². The average Bonchev–Trinajstić information content (AvgIpc) is 3.26. The number of aryl methyl sites for hydroxylation is 1. The zero-order chi connectivity index (χ0) is 20.7. The van der Waals surface area contributed by atoms with Crippen molar-refractivity contribution >= 4 is 35.4 Å². The van der Waals surface area contributed by atoms with Crippen LogP contribution in [0.15, 0.2) is 34.3 Å². The molecule has 2 saturated heterocycles. The van der Waals surface area contributed by atoms with Crippen LogP contribution in [-0.2, 0) is 23.2 Å². The van der Waals surface area contributed by atoms with Crippen molar-refractivity contribution in [1.82, 2.24) is 9.80 Å². The second-order valence-corrected chi connectivity index (χ2v) is 10.4. The molecule has 3 aliphatic heterocycles. The Morgan fingerprint density at radius 1 is 1.45 bits per heavy atom. The van der Waals surface area contributed by atoms with Crippen LogP contribution in [-0.4, -0.2) is 61.7 Å². The number of amides is 1. The van der Waals surface area contributed by atoms with Gasteiger partial charge in [0.1, 0.15) is 12.4 Å². The van der Waals surface area contributed by atoms with E-state index in [4.69, 9.17) is 0 Å². The number of hydrogen-bond donors (Lipinski definition) is 2. The Labute approximate surface area is 178 Å². The predicted molar refractivity (Wildman–Crippen MR) is 112 cm³/mol. The SMILES string of the molecule is CC[C@H](O)[C@@H]1C(=O)N2C(C(=O)O)=C(S[C@H]3CCN(Cc4cccc[n+]4C)C3)S[C@H]12. The zero-order valence-corrected chi connectivity index (χ0v) is 18.2. The van der Waals surface area contributed by atoms with Crippen LogP contribution < -0.4 is 4.57 Å². The third-order valence-corrected chi connectivity index (χ3v) is 8.69. The maximum atomic E-state index is 12.5. The number of fused-ring (bicyclic) bond motifs is 1.